The van der Waals surface area contributed by atoms with Gasteiger partial charge < -0.3 is 10.6 Å². The highest BCUT2D eigenvalue weighted by Gasteiger charge is 2.20. The Morgan fingerprint density at radius 1 is 1.12 bits per heavy atom. The van der Waals surface area contributed by atoms with Crippen LogP contribution < -0.4 is 10.6 Å². The molecule has 0 aliphatic carbocycles. The van der Waals surface area contributed by atoms with Crippen LogP contribution in [-0.2, 0) is 4.79 Å². The molecule has 0 aliphatic rings. The first-order valence-corrected chi connectivity index (χ1v) is 6.99. The van der Waals surface area contributed by atoms with Crippen LogP contribution in [0.15, 0.2) is 0 Å². The summed E-state index contributed by atoms with van der Waals surface area (Å²) >= 11 is 0. The molecule has 0 saturated carbocycles. The molecule has 0 spiro atoms. The lowest BCUT2D eigenvalue weighted by molar-refractivity contribution is -0.124. The van der Waals surface area contributed by atoms with Crippen molar-refractivity contribution in [2.75, 3.05) is 13.1 Å². The predicted octanol–water partition coefficient (Wildman–Crippen LogP) is 2.36. The van der Waals surface area contributed by atoms with Crippen molar-refractivity contribution in [1.29, 1.82) is 0 Å². The van der Waals surface area contributed by atoms with Crippen molar-refractivity contribution in [1.82, 2.24) is 10.6 Å². The second-order valence-electron chi connectivity index (χ2n) is 5.28. The molecule has 1 atom stereocenters. The van der Waals surface area contributed by atoms with E-state index in [4.69, 9.17) is 0 Å². The minimum absolute atomic E-state index is 0.0385. The first kappa shape index (κ1) is 16.6. The summed E-state index contributed by atoms with van der Waals surface area (Å²) in [5, 5.41) is 6.69. The molecule has 0 aromatic rings. The number of unbranched alkanes of at least 4 members (excludes halogenated alkanes) is 1. The van der Waals surface area contributed by atoms with Gasteiger partial charge >= 0.3 is 0 Å². The molecule has 0 heterocycles. The smallest absolute Gasteiger partial charge is 0.152 e. The minimum Gasteiger partial charge on any atom is -0.317 e. The zero-order chi connectivity index (χ0) is 13.3. The van der Waals surface area contributed by atoms with Crippen molar-refractivity contribution in [2.24, 2.45) is 5.92 Å². The SMILES string of the molecule is CCNCCCCC(NC(C)C)C(=O)C(C)C. The summed E-state index contributed by atoms with van der Waals surface area (Å²) in [7, 11) is 0. The van der Waals surface area contributed by atoms with Gasteiger partial charge in [-0.25, -0.2) is 0 Å². The van der Waals surface area contributed by atoms with E-state index in [0.29, 0.717) is 11.8 Å². The van der Waals surface area contributed by atoms with Crippen molar-refractivity contribution in [3.8, 4) is 0 Å². The molecule has 0 aromatic heterocycles. The first-order valence-electron chi connectivity index (χ1n) is 6.99. The monoisotopic (exact) mass is 242 g/mol. The third kappa shape index (κ3) is 8.33. The van der Waals surface area contributed by atoms with E-state index in [1.54, 1.807) is 0 Å². The molecule has 0 bridgehead atoms. The van der Waals surface area contributed by atoms with Crippen LogP contribution >= 0.6 is 0 Å². The molecule has 1 unspecified atom stereocenters. The topological polar surface area (TPSA) is 41.1 Å². The van der Waals surface area contributed by atoms with E-state index >= 15 is 0 Å². The van der Waals surface area contributed by atoms with Gasteiger partial charge in [0.05, 0.1) is 6.04 Å². The number of nitrogens with one attached hydrogen (secondary N) is 2. The highest BCUT2D eigenvalue weighted by molar-refractivity contribution is 5.85. The quantitative estimate of drug-likeness (QED) is 0.578. The maximum absolute atomic E-state index is 12.0. The van der Waals surface area contributed by atoms with E-state index in [-0.39, 0.29) is 12.0 Å². The molecule has 102 valence electrons. The number of rotatable bonds is 10. The molecule has 0 saturated heterocycles. The summed E-state index contributed by atoms with van der Waals surface area (Å²) in [5.41, 5.74) is 0. The average molecular weight is 242 g/mol. The Labute approximate surface area is 107 Å². The molecule has 0 rings (SSSR count). The van der Waals surface area contributed by atoms with Crippen LogP contribution in [-0.4, -0.2) is 31.0 Å². The Morgan fingerprint density at radius 3 is 2.24 bits per heavy atom. The maximum Gasteiger partial charge on any atom is 0.152 e. The maximum atomic E-state index is 12.0. The summed E-state index contributed by atoms with van der Waals surface area (Å²) < 4.78 is 0. The zero-order valence-corrected chi connectivity index (χ0v) is 12.2. The van der Waals surface area contributed by atoms with Crippen molar-refractivity contribution < 1.29 is 4.79 Å². The van der Waals surface area contributed by atoms with Gasteiger partial charge in [0.25, 0.3) is 0 Å². The third-order valence-electron chi connectivity index (χ3n) is 2.79. The molecule has 0 radical (unpaired) electrons. The van der Waals surface area contributed by atoms with E-state index in [0.717, 1.165) is 32.4 Å². The fourth-order valence-electron chi connectivity index (χ4n) is 1.89. The van der Waals surface area contributed by atoms with Crippen LogP contribution in [0.25, 0.3) is 0 Å². The van der Waals surface area contributed by atoms with E-state index in [9.17, 15) is 4.79 Å². The fraction of sp³-hybridized carbons (Fsp3) is 0.929. The lowest BCUT2D eigenvalue weighted by Crippen LogP contribution is -2.42. The number of ketones is 1. The van der Waals surface area contributed by atoms with Gasteiger partial charge in [0.15, 0.2) is 5.78 Å². The van der Waals surface area contributed by atoms with Gasteiger partial charge in [0.2, 0.25) is 0 Å². The number of hydrogen-bond donors (Lipinski definition) is 2. The Balaban J connectivity index is 3.98. The van der Waals surface area contributed by atoms with Gasteiger partial charge in [-0.2, -0.15) is 0 Å². The lowest BCUT2D eigenvalue weighted by atomic mass is 9.96. The Kier molecular flexibility index (Phi) is 9.37. The standard InChI is InChI=1S/C14H30N2O/c1-6-15-10-8-7-9-13(16-12(4)5)14(17)11(2)3/h11-13,15-16H,6-10H2,1-5H3. The van der Waals surface area contributed by atoms with E-state index in [1.807, 2.05) is 13.8 Å². The second kappa shape index (κ2) is 9.60. The largest absolute Gasteiger partial charge is 0.317 e. The molecule has 0 amide bonds. The summed E-state index contributed by atoms with van der Waals surface area (Å²) in [6.45, 7) is 12.4. The van der Waals surface area contributed by atoms with Crippen LogP contribution in [0.4, 0.5) is 0 Å². The lowest BCUT2D eigenvalue weighted by Gasteiger charge is -2.22. The van der Waals surface area contributed by atoms with Crippen LogP contribution in [0.3, 0.4) is 0 Å². The molecule has 3 nitrogen and oxygen atoms in total. The summed E-state index contributed by atoms with van der Waals surface area (Å²) in [5.74, 6) is 0.474. The van der Waals surface area contributed by atoms with Gasteiger partial charge in [-0.3, -0.25) is 4.79 Å². The van der Waals surface area contributed by atoms with E-state index < -0.39 is 0 Å². The number of Topliss-reactive ketones (excluding diaryl/α,β-unsaturated/α-hetero) is 1. The highest BCUT2D eigenvalue weighted by Crippen LogP contribution is 2.08. The van der Waals surface area contributed by atoms with Crippen molar-refractivity contribution in [3.63, 3.8) is 0 Å². The fourth-order valence-corrected chi connectivity index (χ4v) is 1.89. The molecule has 2 N–H and O–H groups in total. The summed E-state index contributed by atoms with van der Waals surface area (Å²) in [6.07, 6.45) is 3.21. The molecule has 3 heteroatoms. The molecule has 0 aliphatic heterocycles. The summed E-state index contributed by atoms with van der Waals surface area (Å²) in [4.78, 5) is 12.0. The first-order chi connectivity index (χ1) is 7.99. The Morgan fingerprint density at radius 2 is 1.76 bits per heavy atom. The van der Waals surface area contributed by atoms with Gasteiger partial charge in [-0.1, -0.05) is 41.0 Å². The predicted molar refractivity (Wildman–Crippen MR) is 74.3 cm³/mol. The van der Waals surface area contributed by atoms with Gasteiger partial charge in [-0.05, 0) is 25.9 Å². The molecular formula is C14H30N2O. The Hall–Kier alpha value is -0.410. The highest BCUT2D eigenvalue weighted by atomic mass is 16.1. The molecule has 0 aromatic carbocycles. The third-order valence-corrected chi connectivity index (χ3v) is 2.79. The number of carbonyl (C=O) groups is 1. The van der Waals surface area contributed by atoms with Gasteiger partial charge in [0, 0.05) is 12.0 Å². The van der Waals surface area contributed by atoms with E-state index in [2.05, 4.69) is 31.4 Å². The van der Waals surface area contributed by atoms with Crippen molar-refractivity contribution in [2.45, 2.75) is 66.0 Å². The van der Waals surface area contributed by atoms with Gasteiger partial charge in [-0.15, -0.1) is 0 Å². The summed E-state index contributed by atoms with van der Waals surface area (Å²) in [6, 6.07) is 0.410. The normalized spacial score (nSPS) is 13.4. The second-order valence-corrected chi connectivity index (χ2v) is 5.28. The Bertz CT molecular complexity index is 202. The minimum atomic E-state index is 0.0385. The molecular weight excluding hydrogens is 212 g/mol. The van der Waals surface area contributed by atoms with Crippen molar-refractivity contribution >= 4 is 5.78 Å². The molecule has 0 fully saturated rings. The van der Waals surface area contributed by atoms with Crippen molar-refractivity contribution in [3.05, 3.63) is 0 Å². The van der Waals surface area contributed by atoms with Crippen LogP contribution in [0, 0.1) is 5.92 Å². The molecule has 17 heavy (non-hydrogen) atoms. The van der Waals surface area contributed by atoms with Crippen LogP contribution in [0.5, 0.6) is 0 Å². The van der Waals surface area contributed by atoms with Crippen LogP contribution in [0.2, 0.25) is 0 Å². The number of carbonyl (C=O) groups excluding carboxylic acids is 1. The van der Waals surface area contributed by atoms with Crippen LogP contribution in [0.1, 0.15) is 53.9 Å². The number of hydrogen-bond acceptors (Lipinski definition) is 3. The van der Waals surface area contributed by atoms with E-state index in [1.165, 1.54) is 0 Å². The zero-order valence-electron chi connectivity index (χ0n) is 12.2. The average Bonchev–Trinajstić information content (AvgIpc) is 2.25. The van der Waals surface area contributed by atoms with Gasteiger partial charge in [0.1, 0.15) is 0 Å².